The van der Waals surface area contributed by atoms with Gasteiger partial charge in [0.1, 0.15) is 10.7 Å². The van der Waals surface area contributed by atoms with Crippen molar-refractivity contribution in [1.29, 1.82) is 0 Å². The van der Waals surface area contributed by atoms with Crippen LogP contribution < -0.4 is 10.6 Å². The lowest BCUT2D eigenvalue weighted by atomic mass is 10.1. The second kappa shape index (κ2) is 9.34. The monoisotopic (exact) mass is 512 g/mol. The van der Waals surface area contributed by atoms with E-state index in [1.54, 1.807) is 13.8 Å². The van der Waals surface area contributed by atoms with Crippen molar-refractivity contribution in [2.45, 2.75) is 38.9 Å². The third kappa shape index (κ3) is 5.55. The lowest BCUT2D eigenvalue weighted by Crippen LogP contribution is -2.29. The second-order valence-corrected chi connectivity index (χ2v) is 9.46. The van der Waals surface area contributed by atoms with E-state index in [0.717, 1.165) is 42.4 Å². The van der Waals surface area contributed by atoms with Crippen molar-refractivity contribution in [2.24, 2.45) is 5.92 Å². The second-order valence-electron chi connectivity index (χ2n) is 8.01. The number of amides is 2. The fraction of sp³-hybridized carbons (Fsp3) is 0.381. The Balaban J connectivity index is 1.52. The maximum absolute atomic E-state index is 13.1. The van der Waals surface area contributed by atoms with Crippen LogP contribution >= 0.6 is 22.9 Å². The Morgan fingerprint density at radius 2 is 2.00 bits per heavy atom. The Kier molecular flexibility index (Phi) is 6.63. The molecule has 0 aliphatic heterocycles. The fourth-order valence-corrected chi connectivity index (χ4v) is 4.22. The van der Waals surface area contributed by atoms with E-state index in [1.807, 2.05) is 0 Å². The summed E-state index contributed by atoms with van der Waals surface area (Å²) >= 11 is 6.90. The summed E-state index contributed by atoms with van der Waals surface area (Å²) in [5.74, 6) is 0.261. The van der Waals surface area contributed by atoms with Crippen molar-refractivity contribution in [2.75, 3.05) is 6.54 Å². The first-order chi connectivity index (χ1) is 16.0. The van der Waals surface area contributed by atoms with Gasteiger partial charge in [0, 0.05) is 17.1 Å². The molecule has 3 aromatic rings. The van der Waals surface area contributed by atoms with Crippen molar-refractivity contribution in [3.8, 4) is 5.13 Å². The molecule has 2 amide bonds. The van der Waals surface area contributed by atoms with Crippen LogP contribution in [0.4, 0.5) is 13.2 Å². The van der Waals surface area contributed by atoms with Gasteiger partial charge >= 0.3 is 6.18 Å². The van der Waals surface area contributed by atoms with Crippen LogP contribution in [-0.2, 0) is 6.18 Å². The molecule has 13 heteroatoms. The Labute approximate surface area is 201 Å². The molecular formula is C21H20ClF3N6O2S. The number of carbonyl (C=O) groups excluding carboxylic acids is 2. The Morgan fingerprint density at radius 3 is 2.68 bits per heavy atom. The first-order valence-corrected chi connectivity index (χ1v) is 11.6. The van der Waals surface area contributed by atoms with Crippen molar-refractivity contribution < 1.29 is 22.8 Å². The predicted octanol–water partition coefficient (Wildman–Crippen LogP) is 4.34. The molecule has 1 aliphatic carbocycles. The van der Waals surface area contributed by atoms with Crippen LogP contribution in [0, 0.1) is 12.8 Å². The average Bonchev–Trinajstić information content (AvgIpc) is 3.31. The number of aromatic nitrogens is 4. The molecule has 1 atom stereocenters. The van der Waals surface area contributed by atoms with Gasteiger partial charge in [-0.3, -0.25) is 9.59 Å². The zero-order valence-corrected chi connectivity index (χ0v) is 19.7. The number of hydrogen-bond acceptors (Lipinski definition) is 6. The summed E-state index contributed by atoms with van der Waals surface area (Å²) in [6.45, 7) is 3.89. The van der Waals surface area contributed by atoms with Crippen molar-refractivity contribution in [3.63, 3.8) is 0 Å². The minimum absolute atomic E-state index is 0.207. The minimum Gasteiger partial charge on any atom is -0.351 e. The lowest BCUT2D eigenvalue weighted by Gasteiger charge is -2.15. The van der Waals surface area contributed by atoms with E-state index >= 15 is 0 Å². The van der Waals surface area contributed by atoms with Crippen molar-refractivity contribution in [1.82, 2.24) is 30.4 Å². The van der Waals surface area contributed by atoms with Crippen LogP contribution in [0.1, 0.15) is 63.0 Å². The van der Waals surface area contributed by atoms with Gasteiger partial charge in [-0.15, -0.1) is 5.10 Å². The average molecular weight is 513 g/mol. The molecule has 2 N–H and O–H groups in total. The molecule has 1 aromatic carbocycles. The number of thiazole rings is 1. The largest absolute Gasteiger partial charge is 0.416 e. The molecule has 0 unspecified atom stereocenters. The summed E-state index contributed by atoms with van der Waals surface area (Å²) in [4.78, 5) is 34.0. The van der Waals surface area contributed by atoms with Crippen LogP contribution in [0.2, 0.25) is 5.02 Å². The molecule has 0 spiro atoms. The summed E-state index contributed by atoms with van der Waals surface area (Å²) in [6, 6.07) is 1.90. The molecule has 1 aliphatic rings. The van der Waals surface area contributed by atoms with Gasteiger partial charge < -0.3 is 10.6 Å². The summed E-state index contributed by atoms with van der Waals surface area (Å²) in [5, 5.41) is 9.96. The molecular weight excluding hydrogens is 493 g/mol. The van der Waals surface area contributed by atoms with Gasteiger partial charge in [0.05, 0.1) is 17.8 Å². The lowest BCUT2D eigenvalue weighted by molar-refractivity contribution is -0.137. The third-order valence-corrected chi connectivity index (χ3v) is 6.30. The topological polar surface area (TPSA) is 102 Å². The summed E-state index contributed by atoms with van der Waals surface area (Å²) < 4.78 is 40.7. The molecule has 4 rings (SSSR count). The summed E-state index contributed by atoms with van der Waals surface area (Å²) in [5.41, 5.74) is -1.26. The first-order valence-electron chi connectivity index (χ1n) is 10.4. The zero-order chi connectivity index (χ0) is 24.6. The highest BCUT2D eigenvalue weighted by Gasteiger charge is 2.32. The number of nitrogens with zero attached hydrogens (tertiary/aromatic N) is 4. The van der Waals surface area contributed by atoms with Crippen LogP contribution in [-0.4, -0.2) is 38.1 Å². The molecule has 0 saturated heterocycles. The molecule has 8 nitrogen and oxygen atoms in total. The summed E-state index contributed by atoms with van der Waals surface area (Å²) in [7, 11) is 0. The van der Waals surface area contributed by atoms with E-state index in [2.05, 4.69) is 25.7 Å². The Hall–Kier alpha value is -2.99. The number of nitrogens with one attached hydrogen (secondary N) is 2. The smallest absolute Gasteiger partial charge is 0.351 e. The normalized spacial score (nSPS) is 14.6. The van der Waals surface area contributed by atoms with Crippen LogP contribution in [0.25, 0.3) is 5.13 Å². The van der Waals surface area contributed by atoms with Crippen LogP contribution in [0.3, 0.4) is 0 Å². The molecule has 1 fully saturated rings. The molecule has 2 aromatic heterocycles. The number of halogens is 4. The highest BCUT2D eigenvalue weighted by atomic mass is 35.5. The zero-order valence-electron chi connectivity index (χ0n) is 18.1. The number of benzene rings is 1. The maximum atomic E-state index is 13.1. The number of rotatable bonds is 7. The van der Waals surface area contributed by atoms with Crippen molar-refractivity contribution in [3.05, 3.63) is 57.1 Å². The number of aryl methyl sites for hydroxylation is 1. The SMILES string of the molecule is Cc1nc([C@H](C)NC(=O)c2cc(Cl)cc(C(F)(F)F)c2)n(-c2ncc(C(=O)NCC3CC3)s2)n1. The quantitative estimate of drug-likeness (QED) is 0.490. The number of carbonyl (C=O) groups is 2. The van der Waals surface area contributed by atoms with E-state index in [9.17, 15) is 22.8 Å². The molecule has 1 saturated carbocycles. The maximum Gasteiger partial charge on any atom is 0.416 e. The van der Waals surface area contributed by atoms with Gasteiger partial charge in [0.15, 0.2) is 5.82 Å². The van der Waals surface area contributed by atoms with Gasteiger partial charge in [-0.05, 0) is 50.8 Å². The third-order valence-electron chi connectivity index (χ3n) is 5.11. The minimum atomic E-state index is -4.64. The van der Waals surface area contributed by atoms with Gasteiger partial charge in [0.25, 0.3) is 11.8 Å². The highest BCUT2D eigenvalue weighted by Crippen LogP contribution is 2.32. The number of hydrogen-bond donors (Lipinski definition) is 2. The Bertz CT molecular complexity index is 1240. The van der Waals surface area contributed by atoms with E-state index in [-0.39, 0.29) is 16.5 Å². The fourth-order valence-electron chi connectivity index (χ4n) is 3.20. The summed E-state index contributed by atoms with van der Waals surface area (Å²) in [6.07, 6.45) is -0.967. The Morgan fingerprint density at radius 1 is 1.26 bits per heavy atom. The van der Waals surface area contributed by atoms with E-state index in [1.165, 1.54) is 10.9 Å². The van der Waals surface area contributed by atoms with Crippen LogP contribution in [0.5, 0.6) is 0 Å². The molecule has 0 radical (unpaired) electrons. The first kappa shape index (κ1) is 24.1. The number of alkyl halides is 3. The van der Waals surface area contributed by atoms with Gasteiger partial charge in [-0.2, -0.15) is 17.9 Å². The highest BCUT2D eigenvalue weighted by molar-refractivity contribution is 7.16. The van der Waals surface area contributed by atoms with Crippen molar-refractivity contribution >= 4 is 34.8 Å². The molecule has 34 heavy (non-hydrogen) atoms. The molecule has 180 valence electrons. The van der Waals surface area contributed by atoms with E-state index in [0.29, 0.717) is 34.1 Å². The predicted molar refractivity (Wildman–Crippen MR) is 119 cm³/mol. The molecule has 0 bridgehead atoms. The van der Waals surface area contributed by atoms with Gasteiger partial charge in [0.2, 0.25) is 5.13 Å². The molecule has 2 heterocycles. The van der Waals surface area contributed by atoms with E-state index in [4.69, 9.17) is 11.6 Å². The van der Waals surface area contributed by atoms with Crippen LogP contribution in [0.15, 0.2) is 24.4 Å². The van der Waals surface area contributed by atoms with Gasteiger partial charge in [-0.25, -0.2) is 9.97 Å². The van der Waals surface area contributed by atoms with Gasteiger partial charge in [-0.1, -0.05) is 22.9 Å². The standard InChI is InChI=1S/C21H20ClF3N6O2S/c1-10(28-18(32)13-5-14(21(23,24)25)7-15(22)6-13)17-29-11(2)30-31(17)20-27-9-16(34-20)19(33)26-8-12-3-4-12/h5-7,9-10,12H,3-4,8H2,1-2H3,(H,26,33)(H,28,32)/t10-/m0/s1. The van der Waals surface area contributed by atoms with E-state index < -0.39 is 23.7 Å².